The minimum atomic E-state index is -0.00799. The zero-order valence-corrected chi connectivity index (χ0v) is 10.4. The first-order valence-electron chi connectivity index (χ1n) is 5.13. The van der Waals surface area contributed by atoms with E-state index in [2.05, 4.69) is 27.0 Å². The van der Waals surface area contributed by atoms with Crippen molar-refractivity contribution in [2.24, 2.45) is 11.1 Å². The molecule has 0 spiro atoms. The van der Waals surface area contributed by atoms with Gasteiger partial charge < -0.3 is 5.73 Å². The Bertz CT molecular complexity index is 209. The van der Waals surface area contributed by atoms with E-state index in [-0.39, 0.29) is 5.41 Å². The van der Waals surface area contributed by atoms with Gasteiger partial charge >= 0.3 is 0 Å². The van der Waals surface area contributed by atoms with Crippen molar-refractivity contribution in [3.63, 3.8) is 0 Å². The predicted molar refractivity (Wildman–Crippen MR) is 67.3 cm³/mol. The highest BCUT2D eigenvalue weighted by Crippen LogP contribution is 2.24. The first-order valence-corrected chi connectivity index (χ1v) is 5.13. The van der Waals surface area contributed by atoms with Crippen LogP contribution in [-0.4, -0.2) is 6.54 Å². The van der Waals surface area contributed by atoms with Crippen LogP contribution in [0.5, 0.6) is 0 Å². The van der Waals surface area contributed by atoms with E-state index in [4.69, 9.17) is 5.73 Å². The first-order chi connectivity index (χ1) is 6.40. The van der Waals surface area contributed by atoms with Gasteiger partial charge in [-0.1, -0.05) is 58.6 Å². The van der Waals surface area contributed by atoms with E-state index in [0.717, 1.165) is 11.1 Å². The molecular weight excluding hydrogens is 170 g/mol. The normalized spacial score (nSPS) is 10.7. The third-order valence-corrected chi connectivity index (χ3v) is 1.95. The van der Waals surface area contributed by atoms with Crippen molar-refractivity contribution in [2.45, 2.75) is 34.6 Å². The lowest BCUT2D eigenvalue weighted by molar-refractivity contribution is 0.473. The van der Waals surface area contributed by atoms with Gasteiger partial charge in [0.05, 0.1) is 0 Å². The molecule has 0 atom stereocenters. The molecule has 1 nitrogen and oxygen atoms in total. The molecule has 0 amide bonds. The van der Waals surface area contributed by atoms with E-state index in [0.29, 0.717) is 6.54 Å². The molecule has 82 valence electrons. The summed E-state index contributed by atoms with van der Waals surface area (Å²) >= 11 is 0. The van der Waals surface area contributed by atoms with Gasteiger partial charge in [-0.05, 0) is 12.5 Å². The van der Waals surface area contributed by atoms with Gasteiger partial charge in [0.1, 0.15) is 0 Å². The Hall–Kier alpha value is -0.820. The van der Waals surface area contributed by atoms with Crippen LogP contribution in [-0.2, 0) is 0 Å². The maximum Gasteiger partial charge on any atom is 0.00146 e. The summed E-state index contributed by atoms with van der Waals surface area (Å²) in [6, 6.07) is 0. The van der Waals surface area contributed by atoms with Crippen LogP contribution in [0.1, 0.15) is 34.6 Å². The van der Waals surface area contributed by atoms with Gasteiger partial charge in [-0.15, -0.1) is 0 Å². The number of hydrogen-bond donors (Lipinski definition) is 1. The Balaban J connectivity index is 0. The summed E-state index contributed by atoms with van der Waals surface area (Å²) < 4.78 is 0. The third-order valence-electron chi connectivity index (χ3n) is 1.95. The summed E-state index contributed by atoms with van der Waals surface area (Å²) in [5.74, 6) is 0. The second kappa shape index (κ2) is 7.57. The second-order valence-corrected chi connectivity index (χ2v) is 3.79. The molecule has 1 heteroatoms. The van der Waals surface area contributed by atoms with E-state index in [1.165, 1.54) is 0 Å². The molecule has 0 unspecified atom stereocenters. The molecule has 0 aromatic heterocycles. The van der Waals surface area contributed by atoms with Crippen molar-refractivity contribution in [1.29, 1.82) is 0 Å². The van der Waals surface area contributed by atoms with Gasteiger partial charge in [-0.2, -0.15) is 0 Å². The van der Waals surface area contributed by atoms with Gasteiger partial charge in [0.2, 0.25) is 0 Å². The highest BCUT2D eigenvalue weighted by molar-refractivity contribution is 5.27. The standard InChI is InChI=1S/C11H19N.C2H6/c1-9(2)6-7-10(3)11(4,5)8-12;1-2/h6-7H,1,3,8,12H2,2,4-5H3;1-2H3/b7-6-;. The van der Waals surface area contributed by atoms with Crippen molar-refractivity contribution in [1.82, 2.24) is 0 Å². The van der Waals surface area contributed by atoms with E-state index in [9.17, 15) is 0 Å². The molecule has 2 N–H and O–H groups in total. The lowest BCUT2D eigenvalue weighted by Gasteiger charge is -2.22. The smallest absolute Gasteiger partial charge is 0.00146 e. The largest absolute Gasteiger partial charge is 0.330 e. The van der Waals surface area contributed by atoms with E-state index in [1.807, 2.05) is 32.9 Å². The summed E-state index contributed by atoms with van der Waals surface area (Å²) in [5.41, 5.74) is 7.67. The van der Waals surface area contributed by atoms with Crippen LogP contribution in [0, 0.1) is 5.41 Å². The molecule has 0 aliphatic carbocycles. The zero-order valence-electron chi connectivity index (χ0n) is 10.4. The van der Waals surface area contributed by atoms with Crippen LogP contribution in [0.25, 0.3) is 0 Å². The highest BCUT2D eigenvalue weighted by atomic mass is 14.6. The monoisotopic (exact) mass is 195 g/mol. The fourth-order valence-electron chi connectivity index (χ4n) is 0.600. The maximum absolute atomic E-state index is 5.60. The molecule has 0 heterocycles. The Morgan fingerprint density at radius 2 is 1.64 bits per heavy atom. The summed E-state index contributed by atoms with van der Waals surface area (Å²) in [7, 11) is 0. The van der Waals surface area contributed by atoms with Crippen LogP contribution in [0.4, 0.5) is 0 Å². The zero-order chi connectivity index (χ0) is 11.8. The molecule has 0 radical (unpaired) electrons. The van der Waals surface area contributed by atoms with Crippen LogP contribution in [0.3, 0.4) is 0 Å². The maximum atomic E-state index is 5.60. The van der Waals surface area contributed by atoms with Crippen molar-refractivity contribution in [3.8, 4) is 0 Å². The van der Waals surface area contributed by atoms with Crippen molar-refractivity contribution >= 4 is 0 Å². The minimum absolute atomic E-state index is 0.00799. The van der Waals surface area contributed by atoms with Crippen LogP contribution in [0.15, 0.2) is 36.5 Å². The van der Waals surface area contributed by atoms with Gasteiger partial charge in [-0.3, -0.25) is 0 Å². The average Bonchev–Trinajstić information content (AvgIpc) is 2.17. The minimum Gasteiger partial charge on any atom is -0.330 e. The van der Waals surface area contributed by atoms with E-state index in [1.54, 1.807) is 0 Å². The van der Waals surface area contributed by atoms with E-state index >= 15 is 0 Å². The number of rotatable bonds is 4. The number of nitrogens with two attached hydrogens (primary N) is 1. The first kappa shape index (κ1) is 15.6. The van der Waals surface area contributed by atoms with Crippen LogP contribution < -0.4 is 5.73 Å². The molecule has 0 aromatic rings. The van der Waals surface area contributed by atoms with Crippen LogP contribution >= 0.6 is 0 Å². The molecular formula is C13H25N. The van der Waals surface area contributed by atoms with Crippen LogP contribution in [0.2, 0.25) is 0 Å². The van der Waals surface area contributed by atoms with Gasteiger partial charge in [0.15, 0.2) is 0 Å². The lowest BCUT2D eigenvalue weighted by atomic mass is 9.85. The molecule has 0 saturated carbocycles. The second-order valence-electron chi connectivity index (χ2n) is 3.79. The number of allylic oxidation sites excluding steroid dienone is 3. The number of hydrogen-bond acceptors (Lipinski definition) is 1. The molecule has 0 fully saturated rings. The summed E-state index contributed by atoms with van der Waals surface area (Å²) in [4.78, 5) is 0. The molecule has 0 aromatic carbocycles. The predicted octanol–water partition coefficient (Wildman–Crippen LogP) is 3.69. The van der Waals surface area contributed by atoms with Gasteiger partial charge in [0.25, 0.3) is 0 Å². The third kappa shape index (κ3) is 6.67. The molecule has 0 aliphatic rings. The molecule has 14 heavy (non-hydrogen) atoms. The molecule has 0 saturated heterocycles. The SMILES string of the molecule is C=C(C)/C=C\C(=C)C(C)(C)CN.CC. The summed E-state index contributed by atoms with van der Waals surface area (Å²) in [6.45, 7) is 18.5. The lowest BCUT2D eigenvalue weighted by Crippen LogP contribution is -2.24. The topological polar surface area (TPSA) is 26.0 Å². The Kier molecular flexibility index (Phi) is 8.46. The Morgan fingerprint density at radius 3 is 1.93 bits per heavy atom. The van der Waals surface area contributed by atoms with Gasteiger partial charge in [0, 0.05) is 12.0 Å². The van der Waals surface area contributed by atoms with Crippen molar-refractivity contribution in [2.75, 3.05) is 6.54 Å². The Labute approximate surface area is 89.4 Å². The molecule has 0 bridgehead atoms. The quantitative estimate of drug-likeness (QED) is 0.680. The van der Waals surface area contributed by atoms with Crippen molar-refractivity contribution < 1.29 is 0 Å². The summed E-state index contributed by atoms with van der Waals surface area (Å²) in [5, 5.41) is 0. The molecule has 0 aliphatic heterocycles. The average molecular weight is 195 g/mol. The fourth-order valence-corrected chi connectivity index (χ4v) is 0.600. The Morgan fingerprint density at radius 1 is 1.21 bits per heavy atom. The fraction of sp³-hybridized carbons (Fsp3) is 0.538. The van der Waals surface area contributed by atoms with Gasteiger partial charge in [-0.25, -0.2) is 0 Å². The van der Waals surface area contributed by atoms with Crippen molar-refractivity contribution in [3.05, 3.63) is 36.5 Å². The molecule has 0 rings (SSSR count). The van der Waals surface area contributed by atoms with E-state index < -0.39 is 0 Å². The summed E-state index contributed by atoms with van der Waals surface area (Å²) in [6.07, 6.45) is 3.94. The highest BCUT2D eigenvalue weighted by Gasteiger charge is 2.16.